The molecule has 0 bridgehead atoms. The first-order valence-electron chi connectivity index (χ1n) is 10.3. The van der Waals surface area contributed by atoms with Crippen molar-refractivity contribution in [2.24, 2.45) is 5.11 Å². The quantitative estimate of drug-likeness (QED) is 0.202. The Morgan fingerprint density at radius 1 is 1.23 bits per heavy atom. The molecule has 166 valence electrons. The highest BCUT2D eigenvalue weighted by atomic mass is 16.6. The van der Waals surface area contributed by atoms with Crippen LogP contribution in [0.15, 0.2) is 29.4 Å². The Bertz CT molecular complexity index is 726. The van der Waals surface area contributed by atoms with E-state index < -0.39 is 17.7 Å². The fourth-order valence-electron chi connectivity index (χ4n) is 2.80. The van der Waals surface area contributed by atoms with Crippen LogP contribution in [0.3, 0.4) is 0 Å². The highest BCUT2D eigenvalue weighted by Crippen LogP contribution is 2.14. The lowest BCUT2D eigenvalue weighted by Crippen LogP contribution is -2.48. The van der Waals surface area contributed by atoms with Crippen LogP contribution in [0.25, 0.3) is 10.4 Å². The molecule has 30 heavy (non-hydrogen) atoms. The molecular weight excluding hydrogens is 386 g/mol. The smallest absolute Gasteiger partial charge is 0.408 e. The number of ether oxygens (including phenoxy) is 1. The van der Waals surface area contributed by atoms with Gasteiger partial charge in [-0.25, -0.2) is 4.79 Å². The molecule has 1 aromatic rings. The Balaban J connectivity index is 2.54. The molecule has 1 aromatic carbocycles. The molecule has 1 atom stereocenters. The number of unbranched alkanes of at least 4 members (excludes halogenated alkanes) is 2. The number of rotatable bonds is 12. The van der Waals surface area contributed by atoms with Crippen molar-refractivity contribution >= 4 is 12.0 Å². The number of aryl methyl sites for hydroxylation is 1. The number of phenols is 1. The Morgan fingerprint density at radius 2 is 2.00 bits per heavy atom. The Labute approximate surface area is 177 Å². The number of hydrogen-bond donors (Lipinski definition) is 3. The van der Waals surface area contributed by atoms with Gasteiger partial charge in [-0.05, 0) is 76.1 Å². The van der Waals surface area contributed by atoms with Gasteiger partial charge in [-0.2, -0.15) is 0 Å². The summed E-state index contributed by atoms with van der Waals surface area (Å²) in [5.41, 5.74) is 8.56. The van der Waals surface area contributed by atoms with Crippen LogP contribution in [0.5, 0.6) is 5.75 Å². The molecule has 1 rings (SSSR count). The number of aromatic hydroxyl groups is 1. The molecule has 2 amide bonds. The van der Waals surface area contributed by atoms with E-state index in [9.17, 15) is 14.7 Å². The average molecular weight is 420 g/mol. The second-order valence-corrected chi connectivity index (χ2v) is 8.07. The lowest BCUT2D eigenvalue weighted by molar-refractivity contribution is -0.123. The lowest BCUT2D eigenvalue weighted by Gasteiger charge is -2.23. The molecule has 0 heterocycles. The number of hydrogen-bond acceptors (Lipinski definition) is 5. The van der Waals surface area contributed by atoms with Crippen molar-refractivity contribution in [2.75, 3.05) is 13.1 Å². The van der Waals surface area contributed by atoms with Gasteiger partial charge in [0.2, 0.25) is 5.91 Å². The van der Waals surface area contributed by atoms with Crippen LogP contribution in [-0.2, 0) is 16.0 Å². The minimum atomic E-state index is -0.708. The summed E-state index contributed by atoms with van der Waals surface area (Å²) in [6.45, 7) is 6.22. The summed E-state index contributed by atoms with van der Waals surface area (Å²) in [5.74, 6) is -0.0547. The second-order valence-electron chi connectivity index (χ2n) is 8.07. The predicted molar refractivity (Wildman–Crippen MR) is 115 cm³/mol. The van der Waals surface area contributed by atoms with Crippen LogP contribution in [-0.4, -0.2) is 41.8 Å². The summed E-state index contributed by atoms with van der Waals surface area (Å²) < 4.78 is 5.28. The van der Waals surface area contributed by atoms with Crippen LogP contribution in [0, 0.1) is 0 Å². The third-order valence-electron chi connectivity index (χ3n) is 4.17. The molecule has 0 aromatic heterocycles. The maximum absolute atomic E-state index is 12.6. The van der Waals surface area contributed by atoms with Gasteiger partial charge in [-0.3, -0.25) is 4.79 Å². The van der Waals surface area contributed by atoms with Crippen LogP contribution in [0.2, 0.25) is 0 Å². The molecule has 0 aliphatic carbocycles. The maximum atomic E-state index is 12.6. The normalized spacial score (nSPS) is 11.8. The fourth-order valence-corrected chi connectivity index (χ4v) is 2.80. The molecule has 0 spiro atoms. The summed E-state index contributed by atoms with van der Waals surface area (Å²) in [5, 5.41) is 18.5. The molecule has 0 aliphatic heterocycles. The van der Waals surface area contributed by atoms with Crippen molar-refractivity contribution in [1.82, 2.24) is 10.6 Å². The largest absolute Gasteiger partial charge is 0.508 e. The number of carbonyl (C=O) groups is 2. The van der Waals surface area contributed by atoms with E-state index in [-0.39, 0.29) is 11.7 Å². The van der Waals surface area contributed by atoms with E-state index in [4.69, 9.17) is 10.3 Å². The first-order valence-corrected chi connectivity index (χ1v) is 10.3. The highest BCUT2D eigenvalue weighted by molar-refractivity contribution is 5.85. The monoisotopic (exact) mass is 419 g/mol. The van der Waals surface area contributed by atoms with Crippen LogP contribution in [0.1, 0.15) is 58.4 Å². The first-order chi connectivity index (χ1) is 14.2. The van der Waals surface area contributed by atoms with Gasteiger partial charge in [-0.15, -0.1) is 0 Å². The van der Waals surface area contributed by atoms with Gasteiger partial charge in [-0.1, -0.05) is 23.7 Å². The number of nitrogens with zero attached hydrogens (tertiary/aromatic N) is 3. The number of alkyl carbamates (subject to hydrolysis) is 1. The zero-order chi connectivity index (χ0) is 22.4. The molecule has 0 unspecified atom stereocenters. The van der Waals surface area contributed by atoms with Gasteiger partial charge in [0, 0.05) is 18.0 Å². The van der Waals surface area contributed by atoms with Crippen molar-refractivity contribution in [3.05, 3.63) is 40.3 Å². The zero-order valence-corrected chi connectivity index (χ0v) is 18.1. The Kier molecular flexibility index (Phi) is 11.1. The molecule has 9 heteroatoms. The number of amides is 2. The maximum Gasteiger partial charge on any atom is 0.408 e. The third kappa shape index (κ3) is 11.8. The summed E-state index contributed by atoms with van der Waals surface area (Å²) in [6.07, 6.45) is 3.50. The molecule has 0 fully saturated rings. The van der Waals surface area contributed by atoms with Crippen molar-refractivity contribution in [3.63, 3.8) is 0 Å². The van der Waals surface area contributed by atoms with E-state index in [0.29, 0.717) is 32.4 Å². The summed E-state index contributed by atoms with van der Waals surface area (Å²) >= 11 is 0. The SMILES string of the molecule is CC(C)(C)OC(=O)N[C@@H](CCCc1cccc(O)c1)C(=O)NCCCCCN=[N+]=[N-]. The van der Waals surface area contributed by atoms with Gasteiger partial charge in [0.25, 0.3) is 0 Å². The molecule has 0 saturated heterocycles. The number of carbonyl (C=O) groups excluding carboxylic acids is 2. The molecule has 3 N–H and O–H groups in total. The van der Waals surface area contributed by atoms with E-state index in [1.165, 1.54) is 0 Å². The second kappa shape index (κ2) is 13.3. The van der Waals surface area contributed by atoms with Crippen molar-refractivity contribution < 1.29 is 19.4 Å². The van der Waals surface area contributed by atoms with E-state index in [0.717, 1.165) is 24.8 Å². The van der Waals surface area contributed by atoms with E-state index in [1.807, 2.05) is 6.07 Å². The Morgan fingerprint density at radius 3 is 2.67 bits per heavy atom. The van der Waals surface area contributed by atoms with Crippen molar-refractivity contribution in [3.8, 4) is 5.75 Å². The van der Waals surface area contributed by atoms with Crippen molar-refractivity contribution in [2.45, 2.75) is 70.9 Å². The van der Waals surface area contributed by atoms with E-state index in [1.54, 1.807) is 39.0 Å². The summed E-state index contributed by atoms with van der Waals surface area (Å²) in [7, 11) is 0. The standard InChI is InChI=1S/C21H33N5O4/c1-21(2,3)30-20(29)25-18(12-8-10-16-9-7-11-17(27)15-16)19(28)23-13-5-4-6-14-24-26-22/h7,9,11,15,18,27H,4-6,8,10,12-14H2,1-3H3,(H,23,28)(H,25,29)/t18-/m0/s1. The lowest BCUT2D eigenvalue weighted by atomic mass is 10.0. The number of phenolic OH excluding ortho intramolecular Hbond substituents is 1. The number of nitrogens with one attached hydrogen (secondary N) is 2. The number of benzene rings is 1. The van der Waals surface area contributed by atoms with Gasteiger partial charge in [0.15, 0.2) is 0 Å². The van der Waals surface area contributed by atoms with Crippen LogP contribution < -0.4 is 10.6 Å². The highest BCUT2D eigenvalue weighted by Gasteiger charge is 2.23. The summed E-state index contributed by atoms with van der Waals surface area (Å²) in [4.78, 5) is 27.4. The van der Waals surface area contributed by atoms with Gasteiger partial charge >= 0.3 is 6.09 Å². The summed E-state index contributed by atoms with van der Waals surface area (Å²) in [6, 6.07) is 6.27. The average Bonchev–Trinajstić information content (AvgIpc) is 2.65. The molecule has 9 nitrogen and oxygen atoms in total. The van der Waals surface area contributed by atoms with E-state index >= 15 is 0 Å². The molecule has 0 aliphatic rings. The van der Waals surface area contributed by atoms with Crippen LogP contribution in [0.4, 0.5) is 4.79 Å². The zero-order valence-electron chi connectivity index (χ0n) is 18.1. The predicted octanol–water partition coefficient (Wildman–Crippen LogP) is 4.21. The first kappa shape index (κ1) is 25.1. The number of azide groups is 1. The topological polar surface area (TPSA) is 136 Å². The molecule has 0 saturated carbocycles. The van der Waals surface area contributed by atoms with Gasteiger partial charge in [0.1, 0.15) is 17.4 Å². The molecule has 0 radical (unpaired) electrons. The van der Waals surface area contributed by atoms with E-state index in [2.05, 4.69) is 20.7 Å². The third-order valence-corrected chi connectivity index (χ3v) is 4.17. The van der Waals surface area contributed by atoms with Crippen molar-refractivity contribution in [1.29, 1.82) is 0 Å². The molecular formula is C21H33N5O4. The Hall–Kier alpha value is -2.93. The minimum absolute atomic E-state index is 0.203. The minimum Gasteiger partial charge on any atom is -0.508 e. The van der Waals surface area contributed by atoms with Gasteiger partial charge < -0.3 is 20.5 Å². The fraction of sp³-hybridized carbons (Fsp3) is 0.619. The van der Waals surface area contributed by atoms with Gasteiger partial charge in [0.05, 0.1) is 0 Å². The van der Waals surface area contributed by atoms with Crippen LogP contribution >= 0.6 is 0 Å².